The van der Waals surface area contributed by atoms with Crippen LogP contribution in [0.5, 0.6) is 0 Å². The summed E-state index contributed by atoms with van der Waals surface area (Å²) < 4.78 is 7.28. The highest BCUT2D eigenvalue weighted by atomic mass is 16.5. The molecule has 1 aromatic heterocycles. The zero-order chi connectivity index (χ0) is 19.5. The van der Waals surface area contributed by atoms with Gasteiger partial charge in [0.05, 0.1) is 25.3 Å². The van der Waals surface area contributed by atoms with Crippen molar-refractivity contribution in [1.82, 2.24) is 19.9 Å². The van der Waals surface area contributed by atoms with Crippen molar-refractivity contribution >= 4 is 22.6 Å². The van der Waals surface area contributed by atoms with E-state index < -0.39 is 0 Å². The number of carbonyl (C=O) groups excluding carboxylic acids is 1. The average molecular weight is 379 g/mol. The SMILES string of the molecule is Cc1ccc(NC(=O)c2ccc3c(c2)nnn3CCN2CCOCC2)cc1C. The van der Waals surface area contributed by atoms with Crippen LogP contribution < -0.4 is 5.32 Å². The summed E-state index contributed by atoms with van der Waals surface area (Å²) in [6.45, 7) is 9.25. The Morgan fingerprint density at radius 2 is 1.89 bits per heavy atom. The number of nitrogens with zero attached hydrogens (tertiary/aromatic N) is 4. The number of nitrogens with one attached hydrogen (secondary N) is 1. The Morgan fingerprint density at radius 1 is 1.07 bits per heavy atom. The van der Waals surface area contributed by atoms with Crippen LogP contribution in [0.25, 0.3) is 11.0 Å². The van der Waals surface area contributed by atoms with Crippen LogP contribution >= 0.6 is 0 Å². The summed E-state index contributed by atoms with van der Waals surface area (Å²) in [5.41, 5.74) is 5.39. The zero-order valence-electron chi connectivity index (χ0n) is 16.3. The van der Waals surface area contributed by atoms with Crippen LogP contribution in [-0.4, -0.2) is 58.6 Å². The second-order valence-electron chi connectivity index (χ2n) is 7.22. The van der Waals surface area contributed by atoms with E-state index in [-0.39, 0.29) is 5.91 Å². The number of aromatic nitrogens is 3. The molecule has 1 N–H and O–H groups in total. The van der Waals surface area contributed by atoms with Crippen molar-refractivity contribution in [3.63, 3.8) is 0 Å². The predicted octanol–water partition coefficient (Wildman–Crippen LogP) is 2.63. The molecular formula is C21H25N5O2. The van der Waals surface area contributed by atoms with Gasteiger partial charge in [-0.2, -0.15) is 0 Å². The van der Waals surface area contributed by atoms with E-state index in [0.717, 1.165) is 61.7 Å². The van der Waals surface area contributed by atoms with Crippen molar-refractivity contribution in [3.05, 3.63) is 53.1 Å². The number of rotatable bonds is 5. The quantitative estimate of drug-likeness (QED) is 0.738. The summed E-state index contributed by atoms with van der Waals surface area (Å²) in [6.07, 6.45) is 0. The van der Waals surface area contributed by atoms with E-state index in [1.165, 1.54) is 5.56 Å². The van der Waals surface area contributed by atoms with Crippen molar-refractivity contribution in [3.8, 4) is 0 Å². The second kappa shape index (κ2) is 8.08. The molecule has 1 aliphatic rings. The normalized spacial score (nSPS) is 15.1. The molecule has 0 unspecified atom stereocenters. The van der Waals surface area contributed by atoms with E-state index >= 15 is 0 Å². The topological polar surface area (TPSA) is 72.3 Å². The van der Waals surface area contributed by atoms with Gasteiger partial charge in [-0.15, -0.1) is 5.10 Å². The summed E-state index contributed by atoms with van der Waals surface area (Å²) in [7, 11) is 0. The highest BCUT2D eigenvalue weighted by molar-refractivity contribution is 6.05. The first-order chi connectivity index (χ1) is 13.6. The van der Waals surface area contributed by atoms with Gasteiger partial charge in [0.15, 0.2) is 0 Å². The minimum atomic E-state index is -0.145. The molecule has 146 valence electrons. The smallest absolute Gasteiger partial charge is 0.255 e. The van der Waals surface area contributed by atoms with E-state index in [9.17, 15) is 4.79 Å². The van der Waals surface area contributed by atoms with Gasteiger partial charge in [0, 0.05) is 30.9 Å². The zero-order valence-corrected chi connectivity index (χ0v) is 16.3. The standard InChI is InChI=1S/C21H25N5O2/c1-15-3-5-18(13-16(15)2)22-21(27)17-4-6-20-19(14-17)23-24-26(20)8-7-25-9-11-28-12-10-25/h3-6,13-14H,7-12H2,1-2H3,(H,22,27). The molecule has 0 bridgehead atoms. The molecule has 0 saturated carbocycles. The lowest BCUT2D eigenvalue weighted by Crippen LogP contribution is -2.38. The van der Waals surface area contributed by atoms with Gasteiger partial charge in [0.25, 0.3) is 5.91 Å². The molecule has 1 aliphatic heterocycles. The first-order valence-corrected chi connectivity index (χ1v) is 9.62. The van der Waals surface area contributed by atoms with E-state index in [1.807, 2.05) is 41.9 Å². The van der Waals surface area contributed by atoms with Crippen LogP contribution in [0.2, 0.25) is 0 Å². The maximum absolute atomic E-state index is 12.6. The molecule has 0 aliphatic carbocycles. The van der Waals surface area contributed by atoms with Gasteiger partial charge < -0.3 is 10.1 Å². The van der Waals surface area contributed by atoms with Gasteiger partial charge in [-0.25, -0.2) is 4.68 Å². The number of aryl methyl sites for hydroxylation is 2. The molecule has 0 spiro atoms. The molecule has 28 heavy (non-hydrogen) atoms. The molecule has 0 radical (unpaired) electrons. The highest BCUT2D eigenvalue weighted by Crippen LogP contribution is 2.18. The van der Waals surface area contributed by atoms with Crippen molar-refractivity contribution in [2.75, 3.05) is 38.2 Å². The Kier molecular flexibility index (Phi) is 5.36. The number of amides is 1. The Morgan fingerprint density at radius 3 is 2.68 bits per heavy atom. The highest BCUT2D eigenvalue weighted by Gasteiger charge is 2.13. The van der Waals surface area contributed by atoms with Gasteiger partial charge in [0.2, 0.25) is 0 Å². The number of morpholine rings is 1. The van der Waals surface area contributed by atoms with E-state index in [0.29, 0.717) is 5.56 Å². The van der Waals surface area contributed by atoms with Crippen LogP contribution in [0.4, 0.5) is 5.69 Å². The monoisotopic (exact) mass is 379 g/mol. The molecule has 1 fully saturated rings. The van der Waals surface area contributed by atoms with E-state index in [2.05, 4.69) is 27.5 Å². The van der Waals surface area contributed by atoms with Crippen molar-refractivity contribution in [2.45, 2.75) is 20.4 Å². The molecule has 1 amide bonds. The molecule has 7 heteroatoms. The number of hydrogen-bond donors (Lipinski definition) is 1. The fraction of sp³-hybridized carbons (Fsp3) is 0.381. The van der Waals surface area contributed by atoms with E-state index in [4.69, 9.17) is 4.74 Å². The van der Waals surface area contributed by atoms with Crippen molar-refractivity contribution in [2.24, 2.45) is 0 Å². The van der Waals surface area contributed by atoms with Crippen LogP contribution in [0.1, 0.15) is 21.5 Å². The lowest BCUT2D eigenvalue weighted by Gasteiger charge is -2.26. The van der Waals surface area contributed by atoms with E-state index in [1.54, 1.807) is 6.07 Å². The Balaban J connectivity index is 1.45. The summed E-state index contributed by atoms with van der Waals surface area (Å²) in [6, 6.07) is 11.4. The maximum atomic E-state index is 12.6. The predicted molar refractivity (Wildman–Crippen MR) is 109 cm³/mol. The summed E-state index contributed by atoms with van der Waals surface area (Å²) in [5, 5.41) is 11.5. The third-order valence-corrected chi connectivity index (χ3v) is 5.27. The fourth-order valence-corrected chi connectivity index (χ4v) is 3.36. The number of ether oxygens (including phenoxy) is 1. The minimum Gasteiger partial charge on any atom is -0.379 e. The Bertz CT molecular complexity index is 992. The molecular weight excluding hydrogens is 354 g/mol. The molecule has 2 aromatic carbocycles. The summed E-state index contributed by atoms with van der Waals surface area (Å²) in [4.78, 5) is 15.0. The first-order valence-electron chi connectivity index (χ1n) is 9.62. The lowest BCUT2D eigenvalue weighted by atomic mass is 10.1. The molecule has 4 rings (SSSR count). The molecule has 7 nitrogen and oxygen atoms in total. The number of hydrogen-bond acceptors (Lipinski definition) is 5. The third kappa shape index (κ3) is 4.05. The second-order valence-corrected chi connectivity index (χ2v) is 7.22. The van der Waals surface area contributed by atoms with Gasteiger partial charge in [0.1, 0.15) is 5.52 Å². The van der Waals surface area contributed by atoms with Crippen LogP contribution in [0, 0.1) is 13.8 Å². The van der Waals surface area contributed by atoms with Gasteiger partial charge in [-0.05, 0) is 55.3 Å². The number of fused-ring (bicyclic) bond motifs is 1. The largest absolute Gasteiger partial charge is 0.379 e. The Hall–Kier alpha value is -2.77. The third-order valence-electron chi connectivity index (χ3n) is 5.27. The maximum Gasteiger partial charge on any atom is 0.255 e. The number of carbonyl (C=O) groups is 1. The Labute approximate surface area is 164 Å². The number of anilines is 1. The van der Waals surface area contributed by atoms with Crippen LogP contribution in [-0.2, 0) is 11.3 Å². The minimum absolute atomic E-state index is 0.145. The van der Waals surface area contributed by atoms with Gasteiger partial charge in [-0.1, -0.05) is 11.3 Å². The molecule has 3 aromatic rings. The van der Waals surface area contributed by atoms with Gasteiger partial charge in [-0.3, -0.25) is 9.69 Å². The van der Waals surface area contributed by atoms with Gasteiger partial charge >= 0.3 is 0 Å². The molecule has 0 atom stereocenters. The summed E-state index contributed by atoms with van der Waals surface area (Å²) >= 11 is 0. The van der Waals surface area contributed by atoms with Crippen LogP contribution in [0.15, 0.2) is 36.4 Å². The summed E-state index contributed by atoms with van der Waals surface area (Å²) in [5.74, 6) is -0.145. The average Bonchev–Trinajstić information content (AvgIpc) is 3.12. The molecule has 2 heterocycles. The fourth-order valence-electron chi connectivity index (χ4n) is 3.36. The van der Waals surface area contributed by atoms with Crippen molar-refractivity contribution < 1.29 is 9.53 Å². The van der Waals surface area contributed by atoms with Crippen LogP contribution in [0.3, 0.4) is 0 Å². The van der Waals surface area contributed by atoms with Crippen molar-refractivity contribution in [1.29, 1.82) is 0 Å². The first kappa shape index (κ1) is 18.6. The molecule has 1 saturated heterocycles. The number of benzene rings is 2. The lowest BCUT2D eigenvalue weighted by molar-refractivity contribution is 0.0360.